The molecule has 1 heterocycles. The van der Waals surface area contributed by atoms with E-state index in [2.05, 4.69) is 16.7 Å². The average Bonchev–Trinajstić information content (AvgIpc) is 2.65. The van der Waals surface area contributed by atoms with Gasteiger partial charge in [-0.25, -0.2) is 0 Å². The summed E-state index contributed by atoms with van der Waals surface area (Å²) in [5, 5.41) is 0. The van der Waals surface area contributed by atoms with E-state index in [0.29, 0.717) is 6.42 Å². The number of hydrogen-bond donors (Lipinski definition) is 0. The van der Waals surface area contributed by atoms with Gasteiger partial charge in [-0.2, -0.15) is 0 Å². The van der Waals surface area contributed by atoms with E-state index in [9.17, 15) is 4.79 Å². The second-order valence-corrected chi connectivity index (χ2v) is 4.11. The van der Waals surface area contributed by atoms with E-state index in [1.165, 1.54) is 0 Å². The molecule has 0 radical (unpaired) electrons. The molecule has 4 heteroatoms. The van der Waals surface area contributed by atoms with Gasteiger partial charge in [0, 0.05) is 25.4 Å². The van der Waals surface area contributed by atoms with Crippen molar-refractivity contribution in [2.24, 2.45) is 0 Å². The van der Waals surface area contributed by atoms with Gasteiger partial charge in [0.25, 0.3) is 0 Å². The van der Waals surface area contributed by atoms with Crippen LogP contribution in [0, 0.1) is 0 Å². The lowest BCUT2D eigenvalue weighted by Gasteiger charge is -2.18. The lowest BCUT2D eigenvalue weighted by molar-refractivity contribution is -0.129. The van der Waals surface area contributed by atoms with Crippen molar-refractivity contribution >= 4 is 5.91 Å². The van der Waals surface area contributed by atoms with Crippen LogP contribution in [0.5, 0.6) is 0 Å². The Morgan fingerprint density at radius 2 is 2.13 bits per heavy atom. The highest BCUT2D eigenvalue weighted by Crippen LogP contribution is 2.08. The maximum atomic E-state index is 11.7. The molecule has 0 fully saturated rings. The molecule has 86 valence electrons. The van der Waals surface area contributed by atoms with Crippen molar-refractivity contribution in [3.05, 3.63) is 12.4 Å². The molecular weight excluding hydrogens is 190 g/mol. The number of nitrogens with zero attached hydrogens (tertiary/aromatic N) is 3. The summed E-state index contributed by atoms with van der Waals surface area (Å²) in [4.78, 5) is 17.7. The van der Waals surface area contributed by atoms with Crippen molar-refractivity contribution in [3.63, 3.8) is 0 Å². The molecule has 0 aromatic carbocycles. The van der Waals surface area contributed by atoms with Gasteiger partial charge in [0.15, 0.2) is 0 Å². The van der Waals surface area contributed by atoms with Crippen molar-refractivity contribution in [1.82, 2.24) is 14.7 Å². The Morgan fingerprint density at radius 3 is 2.67 bits per heavy atom. The number of carbonyl (C=O) groups excluding carboxylic acids is 1. The van der Waals surface area contributed by atoms with Crippen LogP contribution in [0.25, 0.3) is 0 Å². The monoisotopic (exact) mass is 211 g/mol. The first-order valence-corrected chi connectivity index (χ1v) is 5.50. The largest absolute Gasteiger partial charge is 0.358 e. The molecule has 0 saturated heterocycles. The second kappa shape index (κ2) is 5.75. The summed E-state index contributed by atoms with van der Waals surface area (Å²) < 4.78 is 0. The van der Waals surface area contributed by atoms with Gasteiger partial charge < -0.3 is 9.80 Å². The zero-order chi connectivity index (χ0) is 11.3. The summed E-state index contributed by atoms with van der Waals surface area (Å²) in [5.74, 6) is 0.226. The number of carbonyl (C=O) groups is 1. The quantitative estimate of drug-likeness (QED) is 0.676. The molecule has 0 spiro atoms. The maximum Gasteiger partial charge on any atom is 0.228 e. The maximum absolute atomic E-state index is 11.7. The van der Waals surface area contributed by atoms with Crippen LogP contribution in [0.3, 0.4) is 0 Å². The van der Waals surface area contributed by atoms with E-state index >= 15 is 0 Å². The van der Waals surface area contributed by atoms with E-state index in [1.54, 1.807) is 4.90 Å². The van der Waals surface area contributed by atoms with E-state index in [-0.39, 0.29) is 5.91 Å². The molecule has 1 aliphatic heterocycles. The molecule has 0 atom stereocenters. The smallest absolute Gasteiger partial charge is 0.228 e. The molecule has 15 heavy (non-hydrogen) atoms. The lowest BCUT2D eigenvalue weighted by Crippen LogP contribution is -2.30. The Kier molecular flexibility index (Phi) is 4.62. The van der Waals surface area contributed by atoms with Crippen LogP contribution in [0.15, 0.2) is 12.4 Å². The van der Waals surface area contributed by atoms with Crippen LogP contribution in [-0.2, 0) is 4.79 Å². The molecule has 0 aromatic heterocycles. The van der Waals surface area contributed by atoms with Gasteiger partial charge in [-0.3, -0.25) is 9.69 Å². The van der Waals surface area contributed by atoms with Gasteiger partial charge in [-0.05, 0) is 34.0 Å². The molecule has 0 N–H and O–H groups in total. The van der Waals surface area contributed by atoms with Crippen LogP contribution in [0.1, 0.15) is 19.8 Å². The summed E-state index contributed by atoms with van der Waals surface area (Å²) in [6.45, 7) is 4.74. The second-order valence-electron chi connectivity index (χ2n) is 4.11. The highest BCUT2D eigenvalue weighted by molar-refractivity contribution is 5.77. The third-order valence-electron chi connectivity index (χ3n) is 2.51. The Hall–Kier alpha value is -1.03. The fraction of sp³-hybridized carbons (Fsp3) is 0.727. The van der Waals surface area contributed by atoms with Crippen LogP contribution < -0.4 is 0 Å². The Bertz CT molecular complexity index is 238. The summed E-state index contributed by atoms with van der Waals surface area (Å²) >= 11 is 0. The standard InChI is InChI=1S/C11H21N3O/c1-4-13-8-9-14(10-13)11(15)6-5-7-12(2)3/h8-9H,4-7,10H2,1-3H3. The fourth-order valence-electron chi connectivity index (χ4n) is 1.52. The van der Waals surface area contributed by atoms with Gasteiger partial charge in [0.05, 0.1) is 6.67 Å². The number of amides is 1. The molecule has 0 unspecified atom stereocenters. The highest BCUT2D eigenvalue weighted by atomic mass is 16.2. The first-order valence-electron chi connectivity index (χ1n) is 5.50. The van der Waals surface area contributed by atoms with Crippen molar-refractivity contribution in [2.75, 3.05) is 33.9 Å². The van der Waals surface area contributed by atoms with Gasteiger partial charge in [-0.15, -0.1) is 0 Å². The fourth-order valence-corrected chi connectivity index (χ4v) is 1.52. The minimum Gasteiger partial charge on any atom is -0.358 e. The van der Waals surface area contributed by atoms with E-state index in [1.807, 2.05) is 26.5 Å². The predicted octanol–water partition coefficient (Wildman–Crippen LogP) is 0.921. The third kappa shape index (κ3) is 3.91. The van der Waals surface area contributed by atoms with Gasteiger partial charge in [0.2, 0.25) is 5.91 Å². The minimum absolute atomic E-state index is 0.226. The minimum atomic E-state index is 0.226. The molecule has 1 amide bonds. The molecule has 0 bridgehead atoms. The van der Waals surface area contributed by atoms with Crippen LogP contribution >= 0.6 is 0 Å². The molecule has 0 aliphatic carbocycles. The average molecular weight is 211 g/mol. The third-order valence-corrected chi connectivity index (χ3v) is 2.51. The molecule has 0 aromatic rings. The molecule has 0 saturated carbocycles. The van der Waals surface area contributed by atoms with Crippen molar-refractivity contribution < 1.29 is 4.79 Å². The van der Waals surface area contributed by atoms with E-state index in [0.717, 1.165) is 26.2 Å². The normalized spacial score (nSPS) is 15.5. The van der Waals surface area contributed by atoms with Gasteiger partial charge in [0.1, 0.15) is 0 Å². The summed E-state index contributed by atoms with van der Waals surface area (Å²) in [7, 11) is 4.05. The highest BCUT2D eigenvalue weighted by Gasteiger charge is 2.16. The summed E-state index contributed by atoms with van der Waals surface area (Å²) in [5.41, 5.74) is 0. The first kappa shape index (κ1) is 12.0. The molecule has 4 nitrogen and oxygen atoms in total. The SMILES string of the molecule is CCN1C=CN(C(=O)CCCN(C)C)C1. The Morgan fingerprint density at radius 1 is 1.40 bits per heavy atom. The van der Waals surface area contributed by atoms with E-state index in [4.69, 9.17) is 0 Å². The predicted molar refractivity (Wildman–Crippen MR) is 61.0 cm³/mol. The summed E-state index contributed by atoms with van der Waals surface area (Å²) in [6, 6.07) is 0. The Balaban J connectivity index is 2.21. The number of rotatable bonds is 5. The lowest BCUT2D eigenvalue weighted by atomic mass is 10.3. The molecule has 1 aliphatic rings. The summed E-state index contributed by atoms with van der Waals surface area (Å²) in [6.07, 6.45) is 5.42. The Labute approximate surface area is 92.1 Å². The first-order chi connectivity index (χ1) is 7.13. The molecule has 1 rings (SSSR count). The van der Waals surface area contributed by atoms with E-state index < -0.39 is 0 Å². The van der Waals surface area contributed by atoms with Crippen molar-refractivity contribution in [3.8, 4) is 0 Å². The van der Waals surface area contributed by atoms with Gasteiger partial charge in [-0.1, -0.05) is 0 Å². The van der Waals surface area contributed by atoms with Crippen LogP contribution in [0.2, 0.25) is 0 Å². The number of hydrogen-bond acceptors (Lipinski definition) is 3. The van der Waals surface area contributed by atoms with Gasteiger partial charge >= 0.3 is 0 Å². The molecular formula is C11H21N3O. The zero-order valence-electron chi connectivity index (χ0n) is 9.94. The van der Waals surface area contributed by atoms with Crippen molar-refractivity contribution in [2.45, 2.75) is 19.8 Å². The zero-order valence-corrected chi connectivity index (χ0v) is 9.94. The van der Waals surface area contributed by atoms with Crippen molar-refractivity contribution in [1.29, 1.82) is 0 Å². The van der Waals surface area contributed by atoms with Crippen LogP contribution in [0.4, 0.5) is 0 Å². The van der Waals surface area contributed by atoms with Crippen LogP contribution in [-0.4, -0.2) is 54.5 Å². The topological polar surface area (TPSA) is 26.8 Å².